The molecule has 218 valence electrons. The zero-order valence-electron chi connectivity index (χ0n) is 25.7. The van der Waals surface area contributed by atoms with E-state index in [0.29, 0.717) is 0 Å². The fourth-order valence-corrected chi connectivity index (χ4v) is 5.38. The second-order valence-corrected chi connectivity index (χ2v) is 11.8. The third kappa shape index (κ3) is 10.2. The van der Waals surface area contributed by atoms with Crippen LogP contribution in [0.4, 0.5) is 0 Å². The molecule has 2 aromatic carbocycles. The summed E-state index contributed by atoms with van der Waals surface area (Å²) in [6, 6.07) is 17.8. The zero-order chi connectivity index (χ0) is 28.5. The summed E-state index contributed by atoms with van der Waals surface area (Å²) in [6.45, 7) is 9.03. The monoisotopic (exact) mass is 572 g/mol. The van der Waals surface area contributed by atoms with Crippen LogP contribution in [0.15, 0.2) is 59.7 Å². The summed E-state index contributed by atoms with van der Waals surface area (Å²) in [5.74, 6) is 4.12. The van der Waals surface area contributed by atoms with Gasteiger partial charge in [-0.05, 0) is 86.8 Å². The van der Waals surface area contributed by atoms with Crippen molar-refractivity contribution in [2.45, 2.75) is 129 Å². The van der Waals surface area contributed by atoms with Gasteiger partial charge in [0.05, 0.1) is 0 Å². The third-order valence-corrected chi connectivity index (χ3v) is 7.46. The van der Waals surface area contributed by atoms with E-state index in [-0.39, 0.29) is 0 Å². The van der Waals surface area contributed by atoms with E-state index in [0.717, 1.165) is 61.0 Å². The molecule has 3 heteroatoms. The van der Waals surface area contributed by atoms with Crippen molar-refractivity contribution in [3.05, 3.63) is 87.5 Å². The van der Waals surface area contributed by atoms with Gasteiger partial charge >= 0.3 is 26.2 Å². The van der Waals surface area contributed by atoms with Crippen LogP contribution in [0.1, 0.15) is 127 Å². The molecule has 0 saturated carbocycles. The van der Waals surface area contributed by atoms with Crippen molar-refractivity contribution in [1.29, 1.82) is 0 Å². The Hall–Kier alpha value is -1.99. The van der Waals surface area contributed by atoms with Crippen LogP contribution in [-0.2, 0) is 27.3 Å². The number of hydrogen-bond acceptors (Lipinski definition) is 0. The number of aryl methyl sites for hydroxylation is 2. The predicted molar refractivity (Wildman–Crippen MR) is 168 cm³/mol. The molecular weight excluding hydrogens is 519 g/mol. The van der Waals surface area contributed by atoms with Crippen molar-refractivity contribution in [3.8, 4) is 0 Å². The van der Waals surface area contributed by atoms with Gasteiger partial charge in [-0.25, -0.2) is 4.70 Å². The molecule has 0 radical (unpaired) electrons. The van der Waals surface area contributed by atoms with Gasteiger partial charge in [-0.1, -0.05) is 90.5 Å². The van der Waals surface area contributed by atoms with E-state index in [9.17, 15) is 5.53 Å². The molecular formula is C36H54N2Ni. The van der Waals surface area contributed by atoms with Crippen molar-refractivity contribution in [1.82, 2.24) is 0 Å². The van der Waals surface area contributed by atoms with E-state index in [1.807, 2.05) is 0 Å². The molecule has 0 atom stereocenters. The number of nitrogens with zero attached hydrogens (tertiary/aromatic N) is 2. The van der Waals surface area contributed by atoms with Crippen molar-refractivity contribution in [2.24, 2.45) is 0 Å². The second-order valence-electron chi connectivity index (χ2n) is 10.8. The van der Waals surface area contributed by atoms with Crippen LogP contribution >= 0.6 is 0 Å². The molecule has 2 nitrogen and oxygen atoms in total. The standard InChI is InChI=1S/C34H48N2.2CH3.Ni/c1-5-9-13-14-24-32-31(23-12-8-4)33(29-21-15-19-27(25-29)17-10-6-2)36(35)34(32)30-22-16-20-28(26-30)18-11-7-3;;;/h15-16,19-22,25-26H,5-14,17-18,23-24H2,1-4H3;2*1H3;. The Morgan fingerprint density at radius 2 is 0.974 bits per heavy atom. The van der Waals surface area contributed by atoms with Gasteiger partial charge in [-0.2, -0.15) is 0 Å². The molecule has 0 saturated heterocycles. The molecule has 0 bridgehead atoms. The quantitative estimate of drug-likeness (QED) is 0.108. The molecule has 1 aliphatic rings. The molecule has 39 heavy (non-hydrogen) atoms. The summed E-state index contributed by atoms with van der Waals surface area (Å²) in [4.78, 5) is 0. The van der Waals surface area contributed by atoms with Crippen molar-refractivity contribution >= 4 is 11.4 Å². The molecule has 3 rings (SSSR count). The summed E-state index contributed by atoms with van der Waals surface area (Å²) in [5.41, 5.74) is 21.6. The first kappa shape index (κ1) is 33.2. The molecule has 0 N–H and O–H groups in total. The van der Waals surface area contributed by atoms with Crippen LogP contribution in [0.5, 0.6) is 0 Å². The summed E-state index contributed by atoms with van der Waals surface area (Å²) in [6.07, 6.45) is 16.3. The molecule has 0 aliphatic carbocycles. The molecule has 0 aromatic heterocycles. The molecule has 0 fully saturated rings. The molecule has 0 unspecified atom stereocenters. The number of rotatable bonds is 16. The summed E-state index contributed by atoms with van der Waals surface area (Å²) in [7, 11) is 0. The summed E-state index contributed by atoms with van der Waals surface area (Å²) >= 11 is 1.62. The first-order valence-corrected chi connectivity index (χ1v) is 17.4. The Morgan fingerprint density at radius 3 is 1.41 bits per heavy atom. The Kier molecular flexibility index (Phi) is 16.3. The van der Waals surface area contributed by atoms with Crippen LogP contribution in [0.25, 0.3) is 16.9 Å². The number of benzene rings is 2. The van der Waals surface area contributed by atoms with Crippen molar-refractivity contribution in [3.63, 3.8) is 0 Å². The van der Waals surface area contributed by atoms with E-state index in [1.54, 1.807) is 19.1 Å². The van der Waals surface area contributed by atoms with Crippen LogP contribution in [0.3, 0.4) is 0 Å². The SMILES string of the molecule is CCCCCCC1=C(c2cccc(CCCC)c2)[N+](=[N-])C(c2cccc(CCCC)c2)=C1CCCC.[CH3][Ni][CH3]. The van der Waals surface area contributed by atoms with Crippen LogP contribution in [0.2, 0.25) is 11.8 Å². The fraction of sp³-hybridized carbons (Fsp3) is 0.556. The number of allylic oxidation sites excluding steroid dienone is 2. The van der Waals surface area contributed by atoms with Gasteiger partial charge in [0.25, 0.3) is 0 Å². The van der Waals surface area contributed by atoms with Crippen LogP contribution in [-0.4, -0.2) is 4.70 Å². The summed E-state index contributed by atoms with van der Waals surface area (Å²) < 4.78 is 1.55. The number of hydrogen-bond donors (Lipinski definition) is 0. The molecule has 1 heterocycles. The average Bonchev–Trinajstić information content (AvgIpc) is 3.23. The van der Waals surface area contributed by atoms with Gasteiger partial charge in [-0.3, -0.25) is 0 Å². The van der Waals surface area contributed by atoms with E-state index in [2.05, 4.69) is 88.0 Å². The first-order chi connectivity index (χ1) is 19.1. The van der Waals surface area contributed by atoms with E-state index in [4.69, 9.17) is 0 Å². The Labute approximate surface area is 246 Å². The zero-order valence-corrected chi connectivity index (χ0v) is 26.7. The Morgan fingerprint density at radius 1 is 0.564 bits per heavy atom. The van der Waals surface area contributed by atoms with Crippen LogP contribution < -0.4 is 0 Å². The minimum absolute atomic E-state index is 1.02. The van der Waals surface area contributed by atoms with Crippen LogP contribution in [0, 0.1) is 0 Å². The van der Waals surface area contributed by atoms with E-state index >= 15 is 0 Å². The average molecular weight is 574 g/mol. The van der Waals surface area contributed by atoms with Gasteiger partial charge in [0.2, 0.25) is 11.4 Å². The summed E-state index contributed by atoms with van der Waals surface area (Å²) in [5, 5.41) is 0. The van der Waals surface area contributed by atoms with Gasteiger partial charge < -0.3 is 5.53 Å². The molecule has 0 spiro atoms. The van der Waals surface area contributed by atoms with Crippen molar-refractivity contribution in [2.75, 3.05) is 0 Å². The van der Waals surface area contributed by atoms with Gasteiger partial charge in [0, 0.05) is 22.3 Å². The number of unbranched alkanes of at least 4 members (excludes halogenated alkanes) is 6. The van der Waals surface area contributed by atoms with Gasteiger partial charge in [0.15, 0.2) is 0 Å². The van der Waals surface area contributed by atoms with E-state index < -0.39 is 0 Å². The maximum atomic E-state index is 11.8. The van der Waals surface area contributed by atoms with Gasteiger partial charge in [0.1, 0.15) is 0 Å². The van der Waals surface area contributed by atoms with E-state index in [1.165, 1.54) is 73.6 Å². The normalized spacial score (nSPS) is 13.3. The Balaban J connectivity index is 0.00000170. The Bertz CT molecular complexity index is 1080. The minimum atomic E-state index is 1.02. The molecule has 2 aromatic rings. The second kappa shape index (κ2) is 19.2. The fourth-order valence-electron chi connectivity index (χ4n) is 5.38. The van der Waals surface area contributed by atoms with Crippen molar-refractivity contribution < 1.29 is 19.1 Å². The van der Waals surface area contributed by atoms with Gasteiger partial charge in [-0.15, -0.1) is 0 Å². The molecule has 0 amide bonds. The predicted octanol–water partition coefficient (Wildman–Crippen LogP) is 11.9. The maximum absolute atomic E-state index is 11.8. The molecule has 1 aliphatic heterocycles. The third-order valence-electron chi connectivity index (χ3n) is 7.46. The first-order valence-electron chi connectivity index (χ1n) is 15.4. The topological polar surface area (TPSA) is 25.3 Å².